The Hall–Kier alpha value is -2.13. The lowest BCUT2D eigenvalue weighted by Gasteiger charge is -2.07. The van der Waals surface area contributed by atoms with Gasteiger partial charge in [-0.1, -0.05) is 0 Å². The fourth-order valence-electron chi connectivity index (χ4n) is 1.45. The van der Waals surface area contributed by atoms with Crippen molar-refractivity contribution in [1.29, 1.82) is 0 Å². The van der Waals surface area contributed by atoms with E-state index in [4.69, 9.17) is 0 Å². The number of H-pyrrole nitrogens is 1. The summed E-state index contributed by atoms with van der Waals surface area (Å²) >= 11 is 1.03. The summed E-state index contributed by atoms with van der Waals surface area (Å²) in [5.41, 5.74) is -0.573. The quantitative estimate of drug-likeness (QED) is 0.820. The predicted octanol–water partition coefficient (Wildman–Crippen LogP) is 1.02. The molecule has 2 N–H and O–H groups in total. The first-order chi connectivity index (χ1) is 9.45. The summed E-state index contributed by atoms with van der Waals surface area (Å²) < 4.78 is 31.0. The van der Waals surface area contributed by atoms with E-state index in [1.54, 1.807) is 5.38 Å². The second kappa shape index (κ2) is 5.47. The maximum atomic E-state index is 12.1. The third kappa shape index (κ3) is 2.73. The van der Waals surface area contributed by atoms with Gasteiger partial charge in [0.05, 0.1) is 12.8 Å². The highest BCUT2D eigenvalue weighted by molar-refractivity contribution is 7.92. The minimum atomic E-state index is -4.07. The highest BCUT2D eigenvalue weighted by atomic mass is 32.2. The number of esters is 1. The first kappa shape index (κ1) is 14.3. The standard InChI is InChI=1S/C11H10N2O5S2/c1-18-11(15)10-7(3-5-19-10)13-20(16,17)9-6-12-4-2-8(9)14/h2-6,13H,1H3,(H,12,14). The smallest absolute Gasteiger partial charge is 0.350 e. The van der Waals surface area contributed by atoms with Crippen molar-refractivity contribution in [3.8, 4) is 0 Å². The highest BCUT2D eigenvalue weighted by Gasteiger charge is 2.22. The number of anilines is 1. The molecule has 0 fully saturated rings. The summed E-state index contributed by atoms with van der Waals surface area (Å²) in [6.07, 6.45) is 2.40. The predicted molar refractivity (Wildman–Crippen MR) is 73.5 cm³/mol. The lowest BCUT2D eigenvalue weighted by Crippen LogP contribution is -2.21. The zero-order valence-electron chi connectivity index (χ0n) is 10.2. The fourth-order valence-corrected chi connectivity index (χ4v) is 3.41. The Morgan fingerprint density at radius 3 is 2.80 bits per heavy atom. The molecule has 0 spiro atoms. The Balaban J connectivity index is 2.40. The molecule has 2 rings (SSSR count). The molecular weight excluding hydrogens is 304 g/mol. The molecule has 0 unspecified atom stereocenters. The molecule has 0 aliphatic carbocycles. The van der Waals surface area contributed by atoms with Gasteiger partial charge in [-0.25, -0.2) is 13.2 Å². The molecule has 0 amide bonds. The van der Waals surface area contributed by atoms with E-state index in [2.05, 4.69) is 14.4 Å². The number of hydrogen-bond acceptors (Lipinski definition) is 6. The number of sulfonamides is 1. The molecule has 0 aliphatic rings. The topological polar surface area (TPSA) is 105 Å². The molecule has 0 aliphatic heterocycles. The van der Waals surface area contributed by atoms with Gasteiger partial charge in [-0.3, -0.25) is 9.52 Å². The summed E-state index contributed by atoms with van der Waals surface area (Å²) in [5, 5.41) is 1.54. The molecular formula is C11H10N2O5S2. The molecule has 9 heteroatoms. The first-order valence-corrected chi connectivity index (χ1v) is 7.67. The monoisotopic (exact) mass is 314 g/mol. The maximum Gasteiger partial charge on any atom is 0.350 e. The van der Waals surface area contributed by atoms with Crippen LogP contribution in [-0.4, -0.2) is 26.5 Å². The molecule has 2 aromatic heterocycles. The Morgan fingerprint density at radius 1 is 1.40 bits per heavy atom. The second-order valence-corrected chi connectivity index (χ2v) is 6.20. The molecule has 106 valence electrons. The largest absolute Gasteiger partial charge is 0.465 e. The van der Waals surface area contributed by atoms with Gasteiger partial charge < -0.3 is 9.72 Å². The number of thiophene rings is 1. The molecule has 0 atom stereocenters. The van der Waals surface area contributed by atoms with Crippen LogP contribution in [0.25, 0.3) is 0 Å². The van der Waals surface area contributed by atoms with Gasteiger partial charge in [-0.05, 0) is 11.4 Å². The van der Waals surface area contributed by atoms with Crippen LogP contribution in [0, 0.1) is 0 Å². The Bertz CT molecular complexity index is 791. The lowest BCUT2D eigenvalue weighted by atomic mass is 10.4. The number of pyridine rings is 1. The van der Waals surface area contributed by atoms with Crippen molar-refractivity contribution in [3.63, 3.8) is 0 Å². The second-order valence-electron chi connectivity index (χ2n) is 3.63. The number of rotatable bonds is 4. The molecule has 0 radical (unpaired) electrons. The lowest BCUT2D eigenvalue weighted by molar-refractivity contribution is 0.0607. The molecule has 2 heterocycles. The summed E-state index contributed by atoms with van der Waals surface area (Å²) in [4.78, 5) is 25.2. The summed E-state index contributed by atoms with van der Waals surface area (Å²) in [7, 11) is -2.88. The van der Waals surface area contributed by atoms with E-state index < -0.39 is 26.3 Å². The minimum absolute atomic E-state index is 0.0742. The number of aromatic nitrogens is 1. The molecule has 7 nitrogen and oxygen atoms in total. The van der Waals surface area contributed by atoms with Crippen molar-refractivity contribution in [2.75, 3.05) is 11.8 Å². The normalized spacial score (nSPS) is 11.1. The van der Waals surface area contributed by atoms with Crippen LogP contribution in [0.5, 0.6) is 0 Å². The number of carbonyl (C=O) groups excluding carboxylic acids is 1. The van der Waals surface area contributed by atoms with Crippen LogP contribution in [0.3, 0.4) is 0 Å². The van der Waals surface area contributed by atoms with Gasteiger partial charge in [-0.2, -0.15) is 0 Å². The van der Waals surface area contributed by atoms with Gasteiger partial charge >= 0.3 is 5.97 Å². The van der Waals surface area contributed by atoms with Gasteiger partial charge in [0, 0.05) is 18.5 Å². The van der Waals surface area contributed by atoms with E-state index in [0.29, 0.717) is 0 Å². The maximum absolute atomic E-state index is 12.1. The third-order valence-corrected chi connectivity index (χ3v) is 4.64. The number of aromatic amines is 1. The average Bonchev–Trinajstić information content (AvgIpc) is 2.85. The van der Waals surface area contributed by atoms with Gasteiger partial charge in [0.2, 0.25) is 5.43 Å². The van der Waals surface area contributed by atoms with Crippen LogP contribution in [-0.2, 0) is 14.8 Å². The molecule has 0 saturated heterocycles. The van der Waals surface area contributed by atoms with Crippen molar-refractivity contribution in [3.05, 3.63) is 45.0 Å². The zero-order valence-corrected chi connectivity index (χ0v) is 11.9. The van der Waals surface area contributed by atoms with Crippen molar-refractivity contribution in [1.82, 2.24) is 4.98 Å². The van der Waals surface area contributed by atoms with E-state index in [9.17, 15) is 18.0 Å². The van der Waals surface area contributed by atoms with Crippen molar-refractivity contribution in [2.24, 2.45) is 0 Å². The Morgan fingerprint density at radius 2 is 2.15 bits per heavy atom. The number of hydrogen-bond donors (Lipinski definition) is 2. The van der Waals surface area contributed by atoms with Crippen LogP contribution in [0.2, 0.25) is 0 Å². The van der Waals surface area contributed by atoms with E-state index in [1.165, 1.54) is 19.4 Å². The van der Waals surface area contributed by atoms with E-state index in [0.717, 1.165) is 23.6 Å². The summed E-state index contributed by atoms with van der Waals surface area (Å²) in [6, 6.07) is 2.52. The van der Waals surface area contributed by atoms with Gasteiger partial charge in [0.25, 0.3) is 10.0 Å². The summed E-state index contributed by atoms with van der Waals surface area (Å²) in [5.74, 6) is -0.653. The van der Waals surface area contributed by atoms with Gasteiger partial charge in [-0.15, -0.1) is 11.3 Å². The Labute approximate surface area is 118 Å². The molecule has 0 aromatic carbocycles. The van der Waals surface area contributed by atoms with Crippen molar-refractivity contribution < 1.29 is 17.9 Å². The minimum Gasteiger partial charge on any atom is -0.465 e. The van der Waals surface area contributed by atoms with E-state index in [1.807, 2.05) is 0 Å². The van der Waals surface area contributed by atoms with Gasteiger partial charge in [0.15, 0.2) is 4.90 Å². The molecule has 2 aromatic rings. The number of methoxy groups -OCH3 is 1. The van der Waals surface area contributed by atoms with Crippen molar-refractivity contribution >= 4 is 33.0 Å². The van der Waals surface area contributed by atoms with Crippen LogP contribution in [0.4, 0.5) is 5.69 Å². The van der Waals surface area contributed by atoms with E-state index in [-0.39, 0.29) is 10.6 Å². The van der Waals surface area contributed by atoms with Crippen LogP contribution in [0.1, 0.15) is 9.67 Å². The summed E-state index contributed by atoms with van der Waals surface area (Å²) in [6.45, 7) is 0. The van der Waals surface area contributed by atoms with Crippen molar-refractivity contribution in [2.45, 2.75) is 4.90 Å². The third-order valence-electron chi connectivity index (χ3n) is 2.36. The molecule has 0 bridgehead atoms. The number of nitrogens with one attached hydrogen (secondary N) is 2. The van der Waals surface area contributed by atoms with Crippen LogP contribution in [0.15, 0.2) is 39.6 Å². The fraction of sp³-hybridized carbons (Fsp3) is 0.0909. The Kier molecular flexibility index (Phi) is 3.91. The average molecular weight is 314 g/mol. The molecule has 20 heavy (non-hydrogen) atoms. The van der Waals surface area contributed by atoms with E-state index >= 15 is 0 Å². The van der Waals surface area contributed by atoms with Crippen LogP contribution >= 0.6 is 11.3 Å². The SMILES string of the molecule is COC(=O)c1sccc1NS(=O)(=O)c1c[nH]ccc1=O. The van der Waals surface area contributed by atoms with Gasteiger partial charge in [0.1, 0.15) is 4.88 Å². The number of ether oxygens (including phenoxy) is 1. The zero-order chi connectivity index (χ0) is 14.8. The highest BCUT2D eigenvalue weighted by Crippen LogP contribution is 2.25. The number of carbonyl (C=O) groups is 1. The first-order valence-electron chi connectivity index (χ1n) is 5.31. The molecule has 0 saturated carbocycles. The van der Waals surface area contributed by atoms with Crippen LogP contribution < -0.4 is 10.2 Å².